The minimum atomic E-state index is 0.239. The van der Waals surface area contributed by atoms with Gasteiger partial charge in [0.15, 0.2) is 0 Å². The Morgan fingerprint density at radius 2 is 1.81 bits per heavy atom. The molecule has 0 fully saturated rings. The number of hydrogen-bond acceptors (Lipinski definition) is 3. The van der Waals surface area contributed by atoms with Gasteiger partial charge in [-0.1, -0.05) is 23.7 Å². The van der Waals surface area contributed by atoms with Gasteiger partial charge in [0, 0.05) is 17.6 Å². The van der Waals surface area contributed by atoms with Gasteiger partial charge in [-0.05, 0) is 48.9 Å². The lowest BCUT2D eigenvalue weighted by Crippen LogP contribution is -2.24. The fourth-order valence-electron chi connectivity index (χ4n) is 2.01. The average Bonchev–Trinajstić information content (AvgIpc) is 2.52. The van der Waals surface area contributed by atoms with Crippen molar-refractivity contribution in [3.8, 4) is 11.5 Å². The molecule has 0 aliphatic carbocycles. The maximum Gasteiger partial charge on any atom is 0.119 e. The van der Waals surface area contributed by atoms with Crippen LogP contribution in [0.2, 0.25) is 5.02 Å². The summed E-state index contributed by atoms with van der Waals surface area (Å²) in [6.45, 7) is 3.48. The van der Waals surface area contributed by atoms with Gasteiger partial charge in [-0.25, -0.2) is 0 Å². The van der Waals surface area contributed by atoms with E-state index in [-0.39, 0.29) is 6.04 Å². The molecule has 0 bridgehead atoms. The second kappa shape index (κ2) is 7.91. The van der Waals surface area contributed by atoms with Crippen molar-refractivity contribution >= 4 is 11.6 Å². The highest BCUT2D eigenvalue weighted by Crippen LogP contribution is 2.18. The molecule has 2 aromatic rings. The molecule has 2 aromatic carbocycles. The summed E-state index contributed by atoms with van der Waals surface area (Å²) in [5, 5.41) is 4.17. The van der Waals surface area contributed by atoms with E-state index in [1.54, 1.807) is 7.11 Å². The zero-order valence-corrected chi connectivity index (χ0v) is 13.1. The van der Waals surface area contributed by atoms with Crippen molar-refractivity contribution in [2.45, 2.75) is 13.0 Å². The highest BCUT2D eigenvalue weighted by molar-refractivity contribution is 6.30. The van der Waals surface area contributed by atoms with E-state index in [1.165, 1.54) is 5.56 Å². The molecular formula is C17H20ClNO2. The van der Waals surface area contributed by atoms with E-state index in [2.05, 4.69) is 18.3 Å². The number of ether oxygens (including phenoxy) is 2. The van der Waals surface area contributed by atoms with Crippen LogP contribution in [0.1, 0.15) is 18.5 Å². The van der Waals surface area contributed by atoms with E-state index in [9.17, 15) is 0 Å². The van der Waals surface area contributed by atoms with Gasteiger partial charge in [0.05, 0.1) is 7.11 Å². The van der Waals surface area contributed by atoms with E-state index in [1.807, 2.05) is 42.5 Å². The van der Waals surface area contributed by atoms with Crippen LogP contribution in [0.25, 0.3) is 0 Å². The van der Waals surface area contributed by atoms with Crippen LogP contribution >= 0.6 is 11.6 Å². The first kappa shape index (κ1) is 15.7. The molecule has 3 nitrogen and oxygen atoms in total. The maximum absolute atomic E-state index is 5.99. The highest BCUT2D eigenvalue weighted by atomic mass is 35.5. The SMILES string of the molecule is COc1ccc(OCCN[C@H](C)c2cccc(Cl)c2)cc1. The molecule has 112 valence electrons. The van der Waals surface area contributed by atoms with Crippen LogP contribution in [-0.4, -0.2) is 20.3 Å². The quantitative estimate of drug-likeness (QED) is 0.782. The van der Waals surface area contributed by atoms with E-state index < -0.39 is 0 Å². The van der Waals surface area contributed by atoms with Crippen LogP contribution in [0, 0.1) is 0 Å². The predicted molar refractivity (Wildman–Crippen MR) is 86.4 cm³/mol. The lowest BCUT2D eigenvalue weighted by atomic mass is 10.1. The second-order valence-electron chi connectivity index (χ2n) is 4.75. The molecule has 21 heavy (non-hydrogen) atoms. The smallest absolute Gasteiger partial charge is 0.119 e. The Labute approximate surface area is 130 Å². The molecule has 0 radical (unpaired) electrons. The van der Waals surface area contributed by atoms with Gasteiger partial charge in [-0.15, -0.1) is 0 Å². The summed E-state index contributed by atoms with van der Waals surface area (Å²) in [4.78, 5) is 0. The molecule has 1 atom stereocenters. The zero-order valence-electron chi connectivity index (χ0n) is 12.3. The van der Waals surface area contributed by atoms with Gasteiger partial charge >= 0.3 is 0 Å². The van der Waals surface area contributed by atoms with Crippen LogP contribution in [0.5, 0.6) is 11.5 Å². The lowest BCUT2D eigenvalue weighted by molar-refractivity contribution is 0.307. The summed E-state index contributed by atoms with van der Waals surface area (Å²) in [6.07, 6.45) is 0. The topological polar surface area (TPSA) is 30.5 Å². The van der Waals surface area contributed by atoms with Crippen LogP contribution in [0.15, 0.2) is 48.5 Å². The van der Waals surface area contributed by atoms with Crippen molar-refractivity contribution in [1.82, 2.24) is 5.32 Å². The molecule has 0 unspecified atom stereocenters. The Balaban J connectivity index is 1.73. The van der Waals surface area contributed by atoms with E-state index in [0.717, 1.165) is 23.1 Å². The summed E-state index contributed by atoms with van der Waals surface area (Å²) in [5.74, 6) is 1.67. The molecule has 4 heteroatoms. The molecule has 1 N–H and O–H groups in total. The third-order valence-electron chi connectivity index (χ3n) is 3.23. The Morgan fingerprint density at radius 1 is 1.10 bits per heavy atom. The number of hydrogen-bond donors (Lipinski definition) is 1. The number of methoxy groups -OCH3 is 1. The summed E-state index contributed by atoms with van der Waals surface area (Å²) in [6, 6.07) is 15.7. The molecule has 0 aliphatic rings. The Morgan fingerprint density at radius 3 is 2.48 bits per heavy atom. The molecular weight excluding hydrogens is 286 g/mol. The fourth-order valence-corrected chi connectivity index (χ4v) is 2.21. The van der Waals surface area contributed by atoms with Crippen molar-refractivity contribution in [2.24, 2.45) is 0 Å². The van der Waals surface area contributed by atoms with Gasteiger partial charge < -0.3 is 14.8 Å². The van der Waals surface area contributed by atoms with Crippen molar-refractivity contribution in [1.29, 1.82) is 0 Å². The second-order valence-corrected chi connectivity index (χ2v) is 5.19. The van der Waals surface area contributed by atoms with Gasteiger partial charge in [0.1, 0.15) is 18.1 Å². The first-order valence-corrected chi connectivity index (χ1v) is 7.32. The van der Waals surface area contributed by atoms with Crippen molar-refractivity contribution < 1.29 is 9.47 Å². The third-order valence-corrected chi connectivity index (χ3v) is 3.46. The average molecular weight is 306 g/mol. The van der Waals surface area contributed by atoms with Crippen molar-refractivity contribution in [3.63, 3.8) is 0 Å². The van der Waals surface area contributed by atoms with E-state index >= 15 is 0 Å². The molecule has 0 spiro atoms. The normalized spacial score (nSPS) is 12.0. The Bertz CT molecular complexity index is 557. The zero-order chi connectivity index (χ0) is 15.1. The number of halogens is 1. The largest absolute Gasteiger partial charge is 0.497 e. The predicted octanol–water partition coefficient (Wildman–Crippen LogP) is 4.08. The fraction of sp³-hybridized carbons (Fsp3) is 0.294. The Hall–Kier alpha value is -1.71. The standard InChI is InChI=1S/C17H20ClNO2/c1-13(14-4-3-5-15(18)12-14)19-10-11-21-17-8-6-16(20-2)7-9-17/h3-9,12-13,19H,10-11H2,1-2H3/t13-/m1/s1. The third kappa shape index (κ3) is 4.96. The molecule has 0 amide bonds. The minimum Gasteiger partial charge on any atom is -0.497 e. The molecule has 0 aromatic heterocycles. The molecule has 0 saturated carbocycles. The minimum absolute atomic E-state index is 0.239. The molecule has 0 heterocycles. The van der Waals surface area contributed by atoms with Crippen molar-refractivity contribution in [2.75, 3.05) is 20.3 Å². The van der Waals surface area contributed by atoms with Crippen LogP contribution in [0.3, 0.4) is 0 Å². The lowest BCUT2D eigenvalue weighted by Gasteiger charge is -2.15. The molecule has 0 saturated heterocycles. The first-order valence-electron chi connectivity index (χ1n) is 6.95. The van der Waals surface area contributed by atoms with Crippen LogP contribution in [0.4, 0.5) is 0 Å². The maximum atomic E-state index is 5.99. The summed E-state index contributed by atoms with van der Waals surface area (Å²) < 4.78 is 10.8. The monoisotopic (exact) mass is 305 g/mol. The van der Waals surface area contributed by atoms with E-state index in [4.69, 9.17) is 21.1 Å². The number of rotatable bonds is 7. The van der Waals surface area contributed by atoms with Gasteiger partial charge in [0.2, 0.25) is 0 Å². The number of nitrogens with one attached hydrogen (secondary N) is 1. The van der Waals surface area contributed by atoms with Crippen molar-refractivity contribution in [3.05, 3.63) is 59.1 Å². The highest BCUT2D eigenvalue weighted by Gasteiger charge is 2.04. The molecule has 0 aliphatic heterocycles. The Kier molecular flexibility index (Phi) is 5.90. The van der Waals surface area contributed by atoms with Crippen LogP contribution < -0.4 is 14.8 Å². The summed E-state index contributed by atoms with van der Waals surface area (Å²) in [7, 11) is 1.65. The summed E-state index contributed by atoms with van der Waals surface area (Å²) >= 11 is 5.99. The van der Waals surface area contributed by atoms with E-state index in [0.29, 0.717) is 6.61 Å². The summed E-state index contributed by atoms with van der Waals surface area (Å²) in [5.41, 5.74) is 1.17. The van der Waals surface area contributed by atoms with Gasteiger partial charge in [-0.3, -0.25) is 0 Å². The van der Waals surface area contributed by atoms with Gasteiger partial charge in [-0.2, -0.15) is 0 Å². The molecule has 2 rings (SSSR count). The number of benzene rings is 2. The first-order chi connectivity index (χ1) is 10.2. The van der Waals surface area contributed by atoms with Gasteiger partial charge in [0.25, 0.3) is 0 Å². The van der Waals surface area contributed by atoms with Crippen LogP contribution in [-0.2, 0) is 0 Å².